The Morgan fingerprint density at radius 3 is 2.62 bits per heavy atom. The summed E-state index contributed by atoms with van der Waals surface area (Å²) in [5.41, 5.74) is 6.39. The second-order valence-corrected chi connectivity index (χ2v) is 9.86. The molecule has 0 unspecified atom stereocenters. The molecule has 4 rings (SSSR count). The fourth-order valence-corrected chi connectivity index (χ4v) is 4.88. The number of methoxy groups -OCH3 is 1. The van der Waals surface area contributed by atoms with Crippen molar-refractivity contribution in [3.05, 3.63) is 98.2 Å². The Bertz CT molecular complexity index is 1250. The van der Waals surface area contributed by atoms with E-state index in [4.69, 9.17) is 32.7 Å². The van der Waals surface area contributed by atoms with E-state index < -0.39 is 0 Å². The van der Waals surface area contributed by atoms with Crippen LogP contribution in [0.1, 0.15) is 16.7 Å². The van der Waals surface area contributed by atoms with Gasteiger partial charge in [-0.15, -0.1) is 10.2 Å². The fourth-order valence-electron chi connectivity index (χ4n) is 3.12. The lowest BCUT2D eigenvalue weighted by Crippen LogP contribution is -2.14. The minimum Gasteiger partial charge on any atom is -0.493 e. The zero-order chi connectivity index (χ0) is 23.9. The first-order chi connectivity index (χ1) is 16.5. The van der Waals surface area contributed by atoms with E-state index in [0.29, 0.717) is 29.7 Å². The van der Waals surface area contributed by atoms with Crippen molar-refractivity contribution >= 4 is 50.9 Å². The van der Waals surface area contributed by atoms with Gasteiger partial charge in [-0.2, -0.15) is 0 Å². The first-order valence-corrected chi connectivity index (χ1v) is 12.8. The third kappa shape index (κ3) is 6.39. The third-order valence-corrected chi connectivity index (χ3v) is 7.09. The molecule has 0 spiro atoms. The van der Waals surface area contributed by atoms with E-state index in [-0.39, 0.29) is 0 Å². The van der Waals surface area contributed by atoms with Crippen LogP contribution in [0.3, 0.4) is 0 Å². The number of benzene rings is 3. The maximum atomic E-state index is 6.24. The van der Waals surface area contributed by atoms with Gasteiger partial charge in [-0.05, 0) is 57.4 Å². The summed E-state index contributed by atoms with van der Waals surface area (Å²) in [7, 11) is 1.62. The zero-order valence-electron chi connectivity index (χ0n) is 18.2. The van der Waals surface area contributed by atoms with Crippen LogP contribution in [0.5, 0.6) is 11.5 Å². The Morgan fingerprint density at radius 1 is 1.06 bits per heavy atom. The van der Waals surface area contributed by atoms with Gasteiger partial charge in [0.05, 0.1) is 18.1 Å². The van der Waals surface area contributed by atoms with E-state index in [1.54, 1.807) is 25.2 Å². The van der Waals surface area contributed by atoms with Crippen molar-refractivity contribution in [2.24, 2.45) is 0 Å². The van der Waals surface area contributed by atoms with Crippen molar-refractivity contribution in [3.63, 3.8) is 0 Å². The van der Waals surface area contributed by atoms with Gasteiger partial charge in [-0.1, -0.05) is 65.3 Å². The van der Waals surface area contributed by atoms with Crippen LogP contribution in [0, 0.1) is 0 Å². The Balaban J connectivity index is 1.40. The van der Waals surface area contributed by atoms with Gasteiger partial charge < -0.3 is 14.9 Å². The number of thioether (sulfide) groups is 1. The molecule has 0 aliphatic heterocycles. The number of hydrogen-bond donors (Lipinski definition) is 1. The summed E-state index contributed by atoms with van der Waals surface area (Å²) in [5.74, 6) is 2.00. The first kappa shape index (κ1) is 24.7. The maximum Gasteiger partial charge on any atom is 0.210 e. The second-order valence-electron chi connectivity index (χ2n) is 7.22. The van der Waals surface area contributed by atoms with Gasteiger partial charge in [-0.3, -0.25) is 0 Å². The predicted molar refractivity (Wildman–Crippen MR) is 141 cm³/mol. The van der Waals surface area contributed by atoms with Crippen LogP contribution in [0.4, 0.5) is 0 Å². The molecule has 176 valence electrons. The molecule has 0 amide bonds. The smallest absolute Gasteiger partial charge is 0.210 e. The summed E-state index contributed by atoms with van der Waals surface area (Å²) in [4.78, 5) is 0. The molecular formula is C24H21BrCl2N4O2S. The van der Waals surface area contributed by atoms with Crippen molar-refractivity contribution in [1.29, 1.82) is 0 Å². The minimum atomic E-state index is 0.334. The monoisotopic (exact) mass is 578 g/mol. The van der Waals surface area contributed by atoms with Crippen molar-refractivity contribution < 1.29 is 9.47 Å². The lowest BCUT2D eigenvalue weighted by molar-refractivity contribution is 0.282. The summed E-state index contributed by atoms with van der Waals surface area (Å²) >= 11 is 17.4. The number of aromatic nitrogens is 3. The number of halogens is 3. The molecule has 1 aromatic heterocycles. The Morgan fingerprint density at radius 2 is 1.85 bits per heavy atom. The van der Waals surface area contributed by atoms with E-state index >= 15 is 0 Å². The molecule has 0 atom stereocenters. The minimum absolute atomic E-state index is 0.334. The number of nitrogens with zero attached hydrogens (tertiary/aromatic N) is 3. The summed E-state index contributed by atoms with van der Waals surface area (Å²) in [6, 6.07) is 19.3. The van der Waals surface area contributed by atoms with Crippen molar-refractivity contribution in [3.8, 4) is 11.5 Å². The van der Waals surface area contributed by atoms with Crippen LogP contribution in [-0.4, -0.2) is 22.0 Å². The molecule has 0 bridgehead atoms. The van der Waals surface area contributed by atoms with Gasteiger partial charge in [0.1, 0.15) is 12.9 Å². The molecule has 34 heavy (non-hydrogen) atoms. The van der Waals surface area contributed by atoms with Crippen LogP contribution in [-0.2, 0) is 18.9 Å². The second kappa shape index (κ2) is 11.8. The summed E-state index contributed by atoms with van der Waals surface area (Å²) in [5, 5.41) is 10.4. The van der Waals surface area contributed by atoms with Gasteiger partial charge >= 0.3 is 0 Å². The van der Waals surface area contributed by atoms with Gasteiger partial charge in [-0.25, -0.2) is 4.68 Å². The highest BCUT2D eigenvalue weighted by atomic mass is 79.9. The molecule has 6 nitrogen and oxygen atoms in total. The Hall–Kier alpha value is -2.39. The van der Waals surface area contributed by atoms with Crippen LogP contribution in [0.2, 0.25) is 10.0 Å². The summed E-state index contributed by atoms with van der Waals surface area (Å²) in [6.45, 7) is 0.868. The standard InChI is InChI=1S/C24H21BrCl2N4O2S/c1-32-22-11-17(10-20(25)23(22)33-13-18-4-2-3-5-21(18)27)12-29-31-15-28-30-24(31)34-14-16-6-8-19(26)9-7-16/h2-11,15,29H,12-14H2,1H3. The molecule has 0 fully saturated rings. The van der Waals surface area contributed by atoms with Gasteiger partial charge in [0, 0.05) is 21.4 Å². The van der Waals surface area contributed by atoms with Crippen LogP contribution in [0.15, 0.2) is 76.6 Å². The van der Waals surface area contributed by atoms with Crippen molar-refractivity contribution in [2.75, 3.05) is 12.5 Å². The lowest BCUT2D eigenvalue weighted by Gasteiger charge is -2.16. The van der Waals surface area contributed by atoms with E-state index in [1.807, 2.05) is 65.3 Å². The molecule has 1 N–H and O–H groups in total. The highest BCUT2D eigenvalue weighted by Crippen LogP contribution is 2.37. The van der Waals surface area contributed by atoms with Crippen LogP contribution < -0.4 is 14.9 Å². The fraction of sp³-hybridized carbons (Fsp3) is 0.167. The molecule has 0 radical (unpaired) electrons. The lowest BCUT2D eigenvalue weighted by atomic mass is 10.2. The molecular weight excluding hydrogens is 559 g/mol. The van der Waals surface area contributed by atoms with Gasteiger partial charge in [0.25, 0.3) is 0 Å². The van der Waals surface area contributed by atoms with E-state index in [9.17, 15) is 0 Å². The number of nitrogens with one attached hydrogen (secondary N) is 1. The number of hydrogen-bond acceptors (Lipinski definition) is 6. The molecule has 0 saturated heterocycles. The highest BCUT2D eigenvalue weighted by Gasteiger charge is 2.14. The SMILES string of the molecule is COc1cc(CNn2cnnc2SCc2ccc(Cl)cc2)cc(Br)c1OCc1ccccc1Cl. The molecule has 10 heteroatoms. The maximum absolute atomic E-state index is 6.24. The zero-order valence-corrected chi connectivity index (χ0v) is 22.1. The van der Waals surface area contributed by atoms with Gasteiger partial charge in [0.2, 0.25) is 5.16 Å². The topological polar surface area (TPSA) is 61.2 Å². The normalized spacial score (nSPS) is 10.8. The number of rotatable bonds is 10. The predicted octanol–water partition coefficient (Wildman–Crippen LogP) is 6.97. The van der Waals surface area contributed by atoms with Gasteiger partial charge in [0.15, 0.2) is 11.5 Å². The third-order valence-electron chi connectivity index (χ3n) is 4.87. The highest BCUT2D eigenvalue weighted by molar-refractivity contribution is 9.10. The molecule has 1 heterocycles. The van der Waals surface area contributed by atoms with E-state index in [1.165, 1.54) is 0 Å². The number of ether oxygens (including phenoxy) is 2. The quantitative estimate of drug-likeness (QED) is 0.205. The average molecular weight is 580 g/mol. The molecule has 0 aliphatic carbocycles. The molecule has 4 aromatic rings. The average Bonchev–Trinajstić information content (AvgIpc) is 3.29. The molecule has 0 aliphatic rings. The van der Waals surface area contributed by atoms with Crippen LogP contribution in [0.25, 0.3) is 0 Å². The van der Waals surface area contributed by atoms with Crippen LogP contribution >= 0.6 is 50.9 Å². The van der Waals surface area contributed by atoms with Crippen molar-refractivity contribution in [1.82, 2.24) is 14.9 Å². The molecule has 3 aromatic carbocycles. The summed E-state index contributed by atoms with van der Waals surface area (Å²) in [6.07, 6.45) is 1.65. The first-order valence-electron chi connectivity index (χ1n) is 10.3. The molecule has 0 saturated carbocycles. The van der Waals surface area contributed by atoms with Crippen molar-refractivity contribution in [2.45, 2.75) is 24.1 Å². The largest absolute Gasteiger partial charge is 0.493 e. The Labute approximate surface area is 220 Å². The van der Waals surface area contributed by atoms with E-state index in [2.05, 4.69) is 31.6 Å². The Kier molecular flexibility index (Phi) is 8.61. The van der Waals surface area contributed by atoms with E-state index in [0.717, 1.165) is 37.1 Å². The summed E-state index contributed by atoms with van der Waals surface area (Å²) < 4.78 is 14.2.